The maximum atomic E-state index is 12.1. The van der Waals surface area contributed by atoms with Gasteiger partial charge in [0.05, 0.1) is 0 Å². The molecule has 19 heavy (non-hydrogen) atoms. The van der Waals surface area contributed by atoms with Gasteiger partial charge in [-0.25, -0.2) is 5.48 Å². The molecule has 0 spiro atoms. The minimum atomic E-state index is -4.66. The Morgan fingerprint density at radius 2 is 1.95 bits per heavy atom. The monoisotopic (exact) mass is 291 g/mol. The average molecular weight is 291 g/mol. The molecule has 0 atom stereocenters. The number of rotatable bonds is 4. The first-order chi connectivity index (χ1) is 8.58. The summed E-state index contributed by atoms with van der Waals surface area (Å²) in [5, 5.41) is 3.03. The zero-order chi connectivity index (χ0) is 14.7. The second-order valence-corrected chi connectivity index (χ2v) is 3.33. The summed E-state index contributed by atoms with van der Waals surface area (Å²) in [6.07, 6.45) is -8.41. The maximum Gasteiger partial charge on any atom is 0.435 e. The summed E-state index contributed by atoms with van der Waals surface area (Å²) in [7, 11) is 0. The van der Waals surface area contributed by atoms with Gasteiger partial charge in [0, 0.05) is 6.20 Å². The van der Waals surface area contributed by atoms with Gasteiger partial charge in [0.15, 0.2) is 12.3 Å². The number of aromatic nitrogens is 2. The first-order valence-corrected chi connectivity index (χ1v) is 4.66. The van der Waals surface area contributed by atoms with Gasteiger partial charge in [0.25, 0.3) is 5.91 Å². The predicted octanol–water partition coefficient (Wildman–Crippen LogP) is 1.51. The Morgan fingerprint density at radius 3 is 2.42 bits per heavy atom. The van der Waals surface area contributed by atoms with Gasteiger partial charge in [0.2, 0.25) is 0 Å². The molecular formula is C8H7F6N3O2. The molecule has 0 aliphatic rings. The second kappa shape index (κ2) is 5.47. The van der Waals surface area contributed by atoms with Crippen molar-refractivity contribution in [3.05, 3.63) is 18.0 Å². The predicted molar refractivity (Wildman–Crippen MR) is 47.4 cm³/mol. The van der Waals surface area contributed by atoms with E-state index < -0.39 is 37.1 Å². The number of hydrogen-bond donors (Lipinski definition) is 1. The Hall–Kier alpha value is -1.78. The van der Waals surface area contributed by atoms with Gasteiger partial charge < -0.3 is 0 Å². The van der Waals surface area contributed by atoms with Crippen LogP contribution >= 0.6 is 0 Å². The van der Waals surface area contributed by atoms with Crippen LogP contribution in [-0.4, -0.2) is 28.5 Å². The average Bonchev–Trinajstić information content (AvgIpc) is 2.63. The Bertz CT molecular complexity index is 438. The molecule has 0 radical (unpaired) electrons. The summed E-state index contributed by atoms with van der Waals surface area (Å²) in [6.45, 7) is -2.40. The van der Waals surface area contributed by atoms with E-state index in [2.05, 4.69) is 9.94 Å². The normalized spacial score (nSPS) is 12.5. The highest BCUT2D eigenvalue weighted by molar-refractivity contribution is 5.74. The number of carbonyl (C=O) groups excluding carboxylic acids is 1. The Kier molecular flexibility index (Phi) is 4.39. The fourth-order valence-electron chi connectivity index (χ4n) is 0.979. The third-order valence-electron chi connectivity index (χ3n) is 1.66. The lowest BCUT2D eigenvalue weighted by Gasteiger charge is -2.08. The molecule has 108 valence electrons. The summed E-state index contributed by atoms with van der Waals surface area (Å²) in [6, 6.07) is 0.629. The lowest BCUT2D eigenvalue weighted by atomic mass is 10.4. The molecule has 1 N–H and O–H groups in total. The van der Waals surface area contributed by atoms with Crippen molar-refractivity contribution >= 4 is 5.91 Å². The summed E-state index contributed by atoms with van der Waals surface area (Å²) in [5.41, 5.74) is 0.223. The third-order valence-corrected chi connectivity index (χ3v) is 1.66. The van der Waals surface area contributed by atoms with Crippen LogP contribution in [0.3, 0.4) is 0 Å². The first-order valence-electron chi connectivity index (χ1n) is 4.66. The van der Waals surface area contributed by atoms with E-state index >= 15 is 0 Å². The van der Waals surface area contributed by atoms with Crippen LogP contribution in [0.2, 0.25) is 0 Å². The highest BCUT2D eigenvalue weighted by Gasteiger charge is 2.33. The third kappa shape index (κ3) is 5.59. The standard InChI is InChI=1S/C8H7F6N3O2/c9-7(10,11)4-19-16-6(18)3-17-2-1-5(15-17)8(12,13)14/h1-2H,3-4H2,(H,16,18). The van der Waals surface area contributed by atoms with Crippen molar-refractivity contribution in [1.29, 1.82) is 0 Å². The van der Waals surface area contributed by atoms with Crippen molar-refractivity contribution in [2.45, 2.75) is 18.9 Å². The molecular weight excluding hydrogens is 284 g/mol. The van der Waals surface area contributed by atoms with E-state index in [0.29, 0.717) is 10.7 Å². The highest BCUT2D eigenvalue weighted by atomic mass is 19.4. The lowest BCUT2D eigenvalue weighted by molar-refractivity contribution is -0.192. The van der Waals surface area contributed by atoms with Gasteiger partial charge in [-0.15, -0.1) is 0 Å². The van der Waals surface area contributed by atoms with Crippen LogP contribution < -0.4 is 5.48 Å². The van der Waals surface area contributed by atoms with Crippen LogP contribution in [0.4, 0.5) is 26.3 Å². The summed E-state index contributed by atoms with van der Waals surface area (Å²) < 4.78 is 72.0. The van der Waals surface area contributed by atoms with Gasteiger partial charge in [0.1, 0.15) is 6.54 Å². The minimum Gasteiger partial charge on any atom is -0.271 e. The van der Waals surface area contributed by atoms with Crippen molar-refractivity contribution in [2.24, 2.45) is 0 Å². The molecule has 11 heteroatoms. The number of alkyl halides is 6. The smallest absolute Gasteiger partial charge is 0.271 e. The minimum absolute atomic E-state index is 0.620. The van der Waals surface area contributed by atoms with E-state index in [-0.39, 0.29) is 0 Å². The van der Waals surface area contributed by atoms with Crippen LogP contribution in [0, 0.1) is 0 Å². The van der Waals surface area contributed by atoms with Crippen molar-refractivity contribution in [2.75, 3.05) is 6.61 Å². The van der Waals surface area contributed by atoms with Crippen LogP contribution in [0.25, 0.3) is 0 Å². The van der Waals surface area contributed by atoms with Gasteiger partial charge in [-0.1, -0.05) is 0 Å². The Morgan fingerprint density at radius 1 is 1.32 bits per heavy atom. The topological polar surface area (TPSA) is 56.2 Å². The van der Waals surface area contributed by atoms with Gasteiger partial charge in [-0.3, -0.25) is 14.3 Å². The summed E-state index contributed by atoms with van der Waals surface area (Å²) >= 11 is 0. The number of nitrogens with one attached hydrogen (secondary N) is 1. The fourth-order valence-corrected chi connectivity index (χ4v) is 0.979. The van der Waals surface area contributed by atoms with E-state index in [1.54, 1.807) is 0 Å². The van der Waals surface area contributed by atoms with Crippen LogP contribution in [0.5, 0.6) is 0 Å². The Labute approximate surface area is 102 Å². The fraction of sp³-hybridized carbons (Fsp3) is 0.500. The molecule has 1 aromatic heterocycles. The van der Waals surface area contributed by atoms with Gasteiger partial charge >= 0.3 is 12.4 Å². The van der Waals surface area contributed by atoms with Crippen LogP contribution in [0.1, 0.15) is 5.69 Å². The van der Waals surface area contributed by atoms with E-state index in [4.69, 9.17) is 0 Å². The highest BCUT2D eigenvalue weighted by Crippen LogP contribution is 2.27. The van der Waals surface area contributed by atoms with Crippen molar-refractivity contribution < 1.29 is 36.0 Å². The number of hydrogen-bond acceptors (Lipinski definition) is 3. The molecule has 0 aliphatic carbocycles. The van der Waals surface area contributed by atoms with E-state index in [9.17, 15) is 31.1 Å². The molecule has 1 aromatic rings. The molecule has 0 aromatic carbocycles. The maximum absolute atomic E-state index is 12.1. The Balaban J connectivity index is 2.43. The number of nitrogens with zero attached hydrogens (tertiary/aromatic N) is 2. The zero-order valence-electron chi connectivity index (χ0n) is 9.05. The summed E-state index contributed by atoms with van der Waals surface area (Å²) in [5.74, 6) is -1.07. The number of carbonyl (C=O) groups is 1. The molecule has 0 saturated carbocycles. The van der Waals surface area contributed by atoms with Gasteiger partial charge in [-0.2, -0.15) is 31.4 Å². The molecule has 0 saturated heterocycles. The SMILES string of the molecule is O=C(Cn1ccc(C(F)(F)F)n1)NOCC(F)(F)F. The number of halogens is 6. The molecule has 0 fully saturated rings. The van der Waals surface area contributed by atoms with Gasteiger partial charge in [-0.05, 0) is 6.07 Å². The van der Waals surface area contributed by atoms with Crippen LogP contribution in [-0.2, 0) is 22.4 Å². The molecule has 0 aliphatic heterocycles. The molecule has 0 unspecified atom stereocenters. The molecule has 5 nitrogen and oxygen atoms in total. The van der Waals surface area contributed by atoms with Crippen molar-refractivity contribution in [3.8, 4) is 0 Å². The van der Waals surface area contributed by atoms with E-state index in [0.717, 1.165) is 6.20 Å². The second-order valence-electron chi connectivity index (χ2n) is 3.33. The first kappa shape index (κ1) is 15.3. The zero-order valence-corrected chi connectivity index (χ0v) is 9.05. The number of hydroxylamine groups is 1. The molecule has 0 bridgehead atoms. The number of amides is 1. The van der Waals surface area contributed by atoms with Crippen molar-refractivity contribution in [3.63, 3.8) is 0 Å². The molecule has 1 amide bonds. The quantitative estimate of drug-likeness (QED) is 0.676. The molecule has 1 heterocycles. The molecule has 1 rings (SSSR count). The van der Waals surface area contributed by atoms with Crippen LogP contribution in [0.15, 0.2) is 12.3 Å². The summed E-state index contributed by atoms with van der Waals surface area (Å²) in [4.78, 5) is 14.8. The largest absolute Gasteiger partial charge is 0.435 e. The lowest BCUT2D eigenvalue weighted by Crippen LogP contribution is -2.32. The van der Waals surface area contributed by atoms with E-state index in [1.165, 1.54) is 5.48 Å². The van der Waals surface area contributed by atoms with E-state index in [1.807, 2.05) is 0 Å². The van der Waals surface area contributed by atoms with Crippen molar-refractivity contribution in [1.82, 2.24) is 15.3 Å².